The van der Waals surface area contributed by atoms with Crippen LogP contribution < -0.4 is 5.73 Å². The summed E-state index contributed by atoms with van der Waals surface area (Å²) in [7, 11) is 1.79. The number of rotatable bonds is 7. The monoisotopic (exact) mass is 226 g/mol. The fourth-order valence-corrected chi connectivity index (χ4v) is 2.98. The molecule has 0 heterocycles. The first-order chi connectivity index (χ1) is 7.77. The molecule has 0 bridgehead atoms. The highest BCUT2D eigenvalue weighted by Gasteiger charge is 2.40. The maximum Gasteiger partial charge on any atom is 0.0589 e. The summed E-state index contributed by atoms with van der Waals surface area (Å²) in [6.45, 7) is 5.17. The summed E-state index contributed by atoms with van der Waals surface area (Å²) < 4.78 is 5.24. The predicted molar refractivity (Wildman–Crippen MR) is 66.3 cm³/mol. The molecule has 94 valence electrons. The van der Waals surface area contributed by atoms with Crippen molar-refractivity contribution in [3.63, 3.8) is 0 Å². The lowest BCUT2D eigenvalue weighted by atomic mass is 9.77. The Bertz CT molecular complexity index is 216. The van der Waals surface area contributed by atoms with Gasteiger partial charge in [0.05, 0.1) is 6.61 Å². The van der Waals surface area contributed by atoms with Gasteiger partial charge in [-0.05, 0) is 51.0 Å². The SMILES string of the molecule is COCCN(C(C)C1CC1)C1CCC1CN. The molecule has 2 saturated carbocycles. The van der Waals surface area contributed by atoms with Crippen LogP contribution in [0.15, 0.2) is 0 Å². The second kappa shape index (κ2) is 5.48. The zero-order valence-electron chi connectivity index (χ0n) is 10.7. The quantitative estimate of drug-likeness (QED) is 0.714. The third-order valence-electron chi connectivity index (χ3n) is 4.49. The molecule has 0 radical (unpaired) electrons. The Morgan fingerprint density at radius 2 is 2.06 bits per heavy atom. The van der Waals surface area contributed by atoms with Crippen molar-refractivity contribution in [3.05, 3.63) is 0 Å². The fraction of sp³-hybridized carbons (Fsp3) is 1.00. The first kappa shape index (κ1) is 12.3. The zero-order chi connectivity index (χ0) is 11.5. The molecule has 0 spiro atoms. The predicted octanol–water partition coefficient (Wildman–Crippen LogP) is 1.47. The van der Waals surface area contributed by atoms with Crippen LogP contribution in [0.1, 0.15) is 32.6 Å². The van der Waals surface area contributed by atoms with Gasteiger partial charge in [0, 0.05) is 25.7 Å². The van der Waals surface area contributed by atoms with E-state index in [1.54, 1.807) is 7.11 Å². The molecule has 0 saturated heterocycles. The van der Waals surface area contributed by atoms with Gasteiger partial charge in [-0.1, -0.05) is 0 Å². The number of nitrogens with zero attached hydrogens (tertiary/aromatic N) is 1. The van der Waals surface area contributed by atoms with E-state index in [0.29, 0.717) is 0 Å². The van der Waals surface area contributed by atoms with Crippen molar-refractivity contribution in [3.8, 4) is 0 Å². The summed E-state index contributed by atoms with van der Waals surface area (Å²) >= 11 is 0. The summed E-state index contributed by atoms with van der Waals surface area (Å²) in [6.07, 6.45) is 5.50. The largest absolute Gasteiger partial charge is 0.383 e. The Balaban J connectivity index is 1.90. The van der Waals surface area contributed by atoms with Crippen LogP contribution in [-0.2, 0) is 4.74 Å². The smallest absolute Gasteiger partial charge is 0.0589 e. The van der Waals surface area contributed by atoms with Crippen molar-refractivity contribution >= 4 is 0 Å². The molecule has 2 N–H and O–H groups in total. The van der Waals surface area contributed by atoms with E-state index in [4.69, 9.17) is 10.5 Å². The van der Waals surface area contributed by atoms with Gasteiger partial charge in [0.25, 0.3) is 0 Å². The number of hydrogen-bond donors (Lipinski definition) is 1. The number of hydrogen-bond acceptors (Lipinski definition) is 3. The first-order valence-corrected chi connectivity index (χ1v) is 6.72. The molecule has 2 aliphatic carbocycles. The van der Waals surface area contributed by atoms with Crippen molar-refractivity contribution < 1.29 is 4.74 Å². The summed E-state index contributed by atoms with van der Waals surface area (Å²) in [5.74, 6) is 1.67. The third kappa shape index (κ3) is 2.58. The van der Waals surface area contributed by atoms with Gasteiger partial charge < -0.3 is 10.5 Å². The average Bonchev–Trinajstić information content (AvgIpc) is 3.05. The lowest BCUT2D eigenvalue weighted by Gasteiger charge is -2.47. The molecule has 2 rings (SSSR count). The van der Waals surface area contributed by atoms with Gasteiger partial charge in [0.1, 0.15) is 0 Å². The molecular weight excluding hydrogens is 200 g/mol. The Hall–Kier alpha value is -0.120. The van der Waals surface area contributed by atoms with Crippen LogP contribution in [0.2, 0.25) is 0 Å². The van der Waals surface area contributed by atoms with Crippen molar-refractivity contribution in [2.75, 3.05) is 26.8 Å². The Morgan fingerprint density at radius 3 is 2.50 bits per heavy atom. The molecule has 3 atom stereocenters. The number of ether oxygens (including phenoxy) is 1. The molecule has 3 heteroatoms. The maximum absolute atomic E-state index is 5.82. The van der Waals surface area contributed by atoms with Gasteiger partial charge in [0.2, 0.25) is 0 Å². The minimum atomic E-state index is 0.731. The lowest BCUT2D eigenvalue weighted by molar-refractivity contribution is 0.0107. The van der Waals surface area contributed by atoms with E-state index in [1.165, 1.54) is 25.7 Å². The topological polar surface area (TPSA) is 38.5 Å². The van der Waals surface area contributed by atoms with Crippen LogP contribution in [0, 0.1) is 11.8 Å². The van der Waals surface area contributed by atoms with Crippen molar-refractivity contribution in [2.24, 2.45) is 17.6 Å². The Kier molecular flexibility index (Phi) is 4.22. The molecule has 16 heavy (non-hydrogen) atoms. The van der Waals surface area contributed by atoms with E-state index in [-0.39, 0.29) is 0 Å². The average molecular weight is 226 g/mol. The van der Waals surface area contributed by atoms with E-state index >= 15 is 0 Å². The Morgan fingerprint density at radius 1 is 1.31 bits per heavy atom. The van der Waals surface area contributed by atoms with E-state index < -0.39 is 0 Å². The zero-order valence-corrected chi connectivity index (χ0v) is 10.7. The van der Waals surface area contributed by atoms with Crippen molar-refractivity contribution in [1.82, 2.24) is 4.90 Å². The second-order valence-corrected chi connectivity index (χ2v) is 5.45. The maximum atomic E-state index is 5.82. The highest BCUT2D eigenvalue weighted by atomic mass is 16.5. The summed E-state index contributed by atoms with van der Waals surface area (Å²) in [6, 6.07) is 1.46. The van der Waals surface area contributed by atoms with Crippen LogP contribution in [0.3, 0.4) is 0 Å². The van der Waals surface area contributed by atoms with E-state index in [2.05, 4.69) is 11.8 Å². The van der Waals surface area contributed by atoms with E-state index in [1.807, 2.05) is 0 Å². The highest BCUT2D eigenvalue weighted by Crippen LogP contribution is 2.40. The van der Waals surface area contributed by atoms with Crippen LogP contribution >= 0.6 is 0 Å². The second-order valence-electron chi connectivity index (χ2n) is 5.45. The normalized spacial score (nSPS) is 31.5. The molecule has 3 nitrogen and oxygen atoms in total. The third-order valence-corrected chi connectivity index (χ3v) is 4.49. The minimum absolute atomic E-state index is 0.731. The summed E-state index contributed by atoms with van der Waals surface area (Å²) in [4.78, 5) is 2.67. The van der Waals surface area contributed by atoms with E-state index in [0.717, 1.165) is 43.6 Å². The fourth-order valence-electron chi connectivity index (χ4n) is 2.98. The molecule has 0 aromatic heterocycles. The number of methoxy groups -OCH3 is 1. The molecule has 0 aliphatic heterocycles. The van der Waals surface area contributed by atoms with Crippen LogP contribution in [0.4, 0.5) is 0 Å². The molecule has 3 unspecified atom stereocenters. The molecule has 0 amide bonds. The molecule has 2 fully saturated rings. The highest BCUT2D eigenvalue weighted by molar-refractivity contribution is 4.95. The van der Waals surface area contributed by atoms with Gasteiger partial charge in [-0.15, -0.1) is 0 Å². The Labute approximate surface area is 99.3 Å². The van der Waals surface area contributed by atoms with Crippen LogP contribution in [0.25, 0.3) is 0 Å². The minimum Gasteiger partial charge on any atom is -0.383 e. The van der Waals surface area contributed by atoms with Crippen LogP contribution in [0.5, 0.6) is 0 Å². The molecule has 0 aromatic rings. The van der Waals surface area contributed by atoms with Crippen LogP contribution in [-0.4, -0.2) is 43.8 Å². The first-order valence-electron chi connectivity index (χ1n) is 6.72. The van der Waals surface area contributed by atoms with Crippen molar-refractivity contribution in [1.29, 1.82) is 0 Å². The van der Waals surface area contributed by atoms with Gasteiger partial charge >= 0.3 is 0 Å². The van der Waals surface area contributed by atoms with Gasteiger partial charge in [-0.3, -0.25) is 4.90 Å². The summed E-state index contributed by atoms with van der Waals surface area (Å²) in [5, 5.41) is 0. The van der Waals surface area contributed by atoms with Gasteiger partial charge in [0.15, 0.2) is 0 Å². The number of nitrogens with two attached hydrogens (primary N) is 1. The van der Waals surface area contributed by atoms with Crippen molar-refractivity contribution in [2.45, 2.75) is 44.7 Å². The molecule has 0 aromatic carbocycles. The molecule has 2 aliphatic rings. The lowest BCUT2D eigenvalue weighted by Crippen LogP contribution is -2.54. The van der Waals surface area contributed by atoms with E-state index in [9.17, 15) is 0 Å². The van der Waals surface area contributed by atoms with Gasteiger partial charge in [-0.2, -0.15) is 0 Å². The summed E-state index contributed by atoms with van der Waals surface area (Å²) in [5.41, 5.74) is 5.82. The van der Waals surface area contributed by atoms with Gasteiger partial charge in [-0.25, -0.2) is 0 Å². The molecular formula is C13H26N2O. The standard InChI is InChI=1S/C13H26N2O/c1-10(11-3-4-11)15(7-8-16-2)13-6-5-12(13)9-14/h10-13H,3-9,14H2,1-2H3.